The fourth-order valence-corrected chi connectivity index (χ4v) is 2.64. The van der Waals surface area contributed by atoms with Gasteiger partial charge in [0.2, 0.25) is 0 Å². The van der Waals surface area contributed by atoms with Crippen LogP contribution in [0.15, 0.2) is 29.8 Å². The van der Waals surface area contributed by atoms with Gasteiger partial charge in [-0.2, -0.15) is 5.10 Å². The van der Waals surface area contributed by atoms with Crippen LogP contribution in [0.2, 0.25) is 0 Å². The van der Waals surface area contributed by atoms with E-state index in [1.807, 2.05) is 30.3 Å². The third kappa shape index (κ3) is 3.08. The highest BCUT2D eigenvalue weighted by Crippen LogP contribution is 2.20. The second-order valence-corrected chi connectivity index (χ2v) is 5.35. The molecule has 0 aliphatic rings. The minimum atomic E-state index is -0.986. The fraction of sp³-hybridized carbons (Fsp3) is 0.308. The maximum absolute atomic E-state index is 11.2. The van der Waals surface area contributed by atoms with Crippen LogP contribution in [0.25, 0.3) is 0 Å². The number of likely N-dealkylation sites (N-methyl/N-ethyl adjacent to an activating group) is 1. The third-order valence-corrected chi connectivity index (χ3v) is 3.90. The summed E-state index contributed by atoms with van der Waals surface area (Å²) in [5.41, 5.74) is 0.176. The van der Waals surface area contributed by atoms with Crippen molar-refractivity contribution in [2.75, 3.05) is 11.9 Å². The lowest BCUT2D eigenvalue weighted by Gasteiger charge is -2.26. The predicted molar refractivity (Wildman–Crippen MR) is 74.9 cm³/mol. The number of anilines is 1. The Bertz CT molecular complexity index is 557. The molecule has 5 nitrogen and oxygen atoms in total. The molecule has 0 amide bonds. The molecule has 2 heterocycles. The summed E-state index contributed by atoms with van der Waals surface area (Å²) in [7, 11) is 1.84. The zero-order valence-corrected chi connectivity index (χ0v) is 11.6. The third-order valence-electron chi connectivity index (χ3n) is 3.00. The van der Waals surface area contributed by atoms with Crippen molar-refractivity contribution in [2.24, 2.45) is 0 Å². The second kappa shape index (κ2) is 5.79. The van der Waals surface area contributed by atoms with E-state index < -0.39 is 5.97 Å². The lowest BCUT2D eigenvalue weighted by atomic mass is 10.1. The van der Waals surface area contributed by atoms with E-state index in [-0.39, 0.29) is 11.6 Å². The van der Waals surface area contributed by atoms with Gasteiger partial charge in [-0.1, -0.05) is 6.07 Å². The standard InChI is InChI=1S/C13H15N3O2S/c1-9(8-10-4-3-7-19-10)16(2)12-11(13(17)18)5-6-14-15-12/h3-7,9H,8H2,1-2H3,(H,17,18). The number of carboxylic acid groups (broad SMARTS) is 1. The maximum atomic E-state index is 11.2. The molecule has 2 aromatic heterocycles. The molecule has 1 unspecified atom stereocenters. The van der Waals surface area contributed by atoms with Gasteiger partial charge < -0.3 is 10.0 Å². The Balaban J connectivity index is 2.19. The zero-order chi connectivity index (χ0) is 13.8. The summed E-state index contributed by atoms with van der Waals surface area (Å²) in [4.78, 5) is 14.3. The van der Waals surface area contributed by atoms with Crippen molar-refractivity contribution in [3.8, 4) is 0 Å². The van der Waals surface area contributed by atoms with Crippen LogP contribution in [0.1, 0.15) is 22.2 Å². The van der Waals surface area contributed by atoms with E-state index in [1.165, 1.54) is 17.1 Å². The van der Waals surface area contributed by atoms with Gasteiger partial charge in [-0.3, -0.25) is 0 Å². The monoisotopic (exact) mass is 277 g/mol. The summed E-state index contributed by atoms with van der Waals surface area (Å²) in [6.45, 7) is 2.04. The summed E-state index contributed by atoms with van der Waals surface area (Å²) in [6, 6.07) is 5.70. The fourth-order valence-electron chi connectivity index (χ4n) is 1.82. The molecule has 2 aromatic rings. The van der Waals surface area contributed by atoms with Crippen molar-refractivity contribution in [2.45, 2.75) is 19.4 Å². The van der Waals surface area contributed by atoms with E-state index in [1.54, 1.807) is 11.3 Å². The molecular formula is C13H15N3O2S. The molecule has 6 heteroatoms. The van der Waals surface area contributed by atoms with Gasteiger partial charge in [0.15, 0.2) is 5.82 Å². The molecule has 100 valence electrons. The van der Waals surface area contributed by atoms with Gasteiger partial charge in [-0.15, -0.1) is 16.4 Å². The summed E-state index contributed by atoms with van der Waals surface area (Å²) in [5.74, 6) is -0.584. The number of carbonyl (C=O) groups is 1. The zero-order valence-electron chi connectivity index (χ0n) is 10.8. The number of aromatic carboxylic acids is 1. The van der Waals surface area contributed by atoms with Gasteiger partial charge in [0.25, 0.3) is 0 Å². The Morgan fingerprint density at radius 1 is 1.53 bits per heavy atom. The van der Waals surface area contributed by atoms with Crippen molar-refractivity contribution < 1.29 is 9.90 Å². The van der Waals surface area contributed by atoms with E-state index in [0.717, 1.165) is 6.42 Å². The Hall–Kier alpha value is -1.95. The van der Waals surface area contributed by atoms with Crippen molar-refractivity contribution in [3.63, 3.8) is 0 Å². The van der Waals surface area contributed by atoms with Crippen molar-refractivity contribution in [1.29, 1.82) is 0 Å². The van der Waals surface area contributed by atoms with Gasteiger partial charge >= 0.3 is 5.97 Å². The highest BCUT2D eigenvalue weighted by molar-refractivity contribution is 7.09. The molecule has 0 aliphatic heterocycles. The topological polar surface area (TPSA) is 66.3 Å². The Morgan fingerprint density at radius 3 is 2.95 bits per heavy atom. The quantitative estimate of drug-likeness (QED) is 0.908. The first-order valence-corrected chi connectivity index (χ1v) is 6.77. The van der Waals surface area contributed by atoms with Crippen LogP contribution in [0, 0.1) is 0 Å². The summed E-state index contributed by atoms with van der Waals surface area (Å²) < 4.78 is 0. The van der Waals surface area contributed by atoms with Crippen LogP contribution in [0.5, 0.6) is 0 Å². The molecule has 0 bridgehead atoms. The van der Waals surface area contributed by atoms with E-state index in [9.17, 15) is 4.79 Å². The average Bonchev–Trinajstić information content (AvgIpc) is 2.90. The van der Waals surface area contributed by atoms with Crippen LogP contribution in [-0.4, -0.2) is 34.4 Å². The Morgan fingerprint density at radius 2 is 2.32 bits per heavy atom. The van der Waals surface area contributed by atoms with Crippen LogP contribution in [0.4, 0.5) is 5.82 Å². The molecule has 2 rings (SSSR count). The second-order valence-electron chi connectivity index (χ2n) is 4.32. The number of nitrogens with zero attached hydrogens (tertiary/aromatic N) is 3. The molecule has 0 spiro atoms. The highest BCUT2D eigenvalue weighted by atomic mass is 32.1. The molecular weight excluding hydrogens is 262 g/mol. The van der Waals surface area contributed by atoms with Crippen LogP contribution in [-0.2, 0) is 6.42 Å². The number of carboxylic acids is 1. The summed E-state index contributed by atoms with van der Waals surface area (Å²) in [6.07, 6.45) is 2.24. The largest absolute Gasteiger partial charge is 0.478 e. The summed E-state index contributed by atoms with van der Waals surface area (Å²) >= 11 is 1.70. The number of hydrogen-bond acceptors (Lipinski definition) is 5. The van der Waals surface area contributed by atoms with Gasteiger partial charge in [-0.05, 0) is 24.4 Å². The Kier molecular flexibility index (Phi) is 4.11. The van der Waals surface area contributed by atoms with Crippen molar-refractivity contribution in [1.82, 2.24) is 10.2 Å². The minimum absolute atomic E-state index is 0.147. The van der Waals surface area contributed by atoms with E-state index >= 15 is 0 Å². The van der Waals surface area contributed by atoms with Crippen LogP contribution < -0.4 is 4.90 Å². The lowest BCUT2D eigenvalue weighted by Crippen LogP contribution is -2.32. The van der Waals surface area contributed by atoms with E-state index in [0.29, 0.717) is 5.82 Å². The van der Waals surface area contributed by atoms with Gasteiger partial charge in [0, 0.05) is 24.4 Å². The minimum Gasteiger partial charge on any atom is -0.478 e. The SMILES string of the molecule is CC(Cc1cccs1)N(C)c1nnccc1C(=O)O. The lowest BCUT2D eigenvalue weighted by molar-refractivity contribution is 0.0697. The molecule has 0 saturated carbocycles. The number of aromatic nitrogens is 2. The molecule has 0 fully saturated rings. The van der Waals surface area contributed by atoms with Gasteiger partial charge in [0.05, 0.1) is 6.20 Å². The predicted octanol–water partition coefficient (Wildman–Crippen LogP) is 2.30. The first kappa shape index (κ1) is 13.5. The number of thiophene rings is 1. The van der Waals surface area contributed by atoms with E-state index in [2.05, 4.69) is 16.3 Å². The van der Waals surface area contributed by atoms with E-state index in [4.69, 9.17) is 5.11 Å². The molecule has 19 heavy (non-hydrogen) atoms. The number of hydrogen-bond donors (Lipinski definition) is 1. The normalized spacial score (nSPS) is 12.1. The van der Waals surface area contributed by atoms with Crippen LogP contribution in [0.3, 0.4) is 0 Å². The van der Waals surface area contributed by atoms with Gasteiger partial charge in [-0.25, -0.2) is 4.79 Å². The maximum Gasteiger partial charge on any atom is 0.339 e. The molecule has 1 N–H and O–H groups in total. The smallest absolute Gasteiger partial charge is 0.339 e. The first-order chi connectivity index (χ1) is 9.09. The molecule has 0 aliphatic carbocycles. The summed E-state index contributed by atoms with van der Waals surface area (Å²) in [5, 5.41) is 18.9. The van der Waals surface area contributed by atoms with Crippen LogP contribution >= 0.6 is 11.3 Å². The highest BCUT2D eigenvalue weighted by Gasteiger charge is 2.19. The average molecular weight is 277 g/mol. The first-order valence-electron chi connectivity index (χ1n) is 5.89. The molecule has 0 aromatic carbocycles. The molecule has 0 saturated heterocycles. The van der Waals surface area contributed by atoms with Crippen molar-refractivity contribution in [3.05, 3.63) is 40.2 Å². The van der Waals surface area contributed by atoms with Gasteiger partial charge in [0.1, 0.15) is 5.56 Å². The Labute approximate surface area is 115 Å². The molecule has 0 radical (unpaired) electrons. The molecule has 1 atom stereocenters. The number of rotatable bonds is 5. The van der Waals surface area contributed by atoms with Crippen molar-refractivity contribution >= 4 is 23.1 Å².